The summed E-state index contributed by atoms with van der Waals surface area (Å²) in [4.78, 5) is 4.34. The van der Waals surface area contributed by atoms with Crippen molar-refractivity contribution in [1.29, 1.82) is 0 Å². The van der Waals surface area contributed by atoms with Gasteiger partial charge in [0.05, 0.1) is 6.04 Å². The Bertz CT molecular complexity index is 456. The summed E-state index contributed by atoms with van der Waals surface area (Å²) in [5.74, 6) is -1.03. The number of likely N-dealkylation sites (N-methyl/N-ethyl adjacent to an activating group) is 1. The normalized spacial score (nSPS) is 21.9. The molecule has 1 fully saturated rings. The zero-order valence-electron chi connectivity index (χ0n) is 12.4. The number of hydrogen-bond donors (Lipinski definition) is 1. The van der Waals surface area contributed by atoms with E-state index in [4.69, 9.17) is 5.73 Å². The Kier molecular flexibility index (Phi) is 4.42. The van der Waals surface area contributed by atoms with E-state index in [1.165, 1.54) is 18.2 Å². The van der Waals surface area contributed by atoms with Gasteiger partial charge < -0.3 is 5.73 Å². The van der Waals surface area contributed by atoms with Gasteiger partial charge in [0.25, 0.3) is 0 Å². The first-order valence-corrected chi connectivity index (χ1v) is 6.96. The van der Waals surface area contributed by atoms with E-state index in [2.05, 4.69) is 30.7 Å². The predicted molar refractivity (Wildman–Crippen MR) is 76.4 cm³/mol. The van der Waals surface area contributed by atoms with Crippen LogP contribution in [0.25, 0.3) is 0 Å². The molecule has 0 saturated carbocycles. The topological polar surface area (TPSA) is 32.5 Å². The van der Waals surface area contributed by atoms with Crippen LogP contribution in [0.1, 0.15) is 25.5 Å². The van der Waals surface area contributed by atoms with Crippen LogP contribution in [0.3, 0.4) is 0 Å². The Hall–Kier alpha value is -1.04. The van der Waals surface area contributed by atoms with Crippen molar-refractivity contribution in [2.75, 3.05) is 33.2 Å². The first-order valence-electron chi connectivity index (χ1n) is 6.96. The summed E-state index contributed by atoms with van der Waals surface area (Å²) >= 11 is 0. The van der Waals surface area contributed by atoms with E-state index in [0.29, 0.717) is 0 Å². The van der Waals surface area contributed by atoms with Crippen molar-refractivity contribution < 1.29 is 8.78 Å². The third kappa shape index (κ3) is 2.85. The molecule has 20 heavy (non-hydrogen) atoms. The van der Waals surface area contributed by atoms with E-state index in [0.717, 1.165) is 19.6 Å². The van der Waals surface area contributed by atoms with E-state index in [9.17, 15) is 8.78 Å². The third-order valence-electron chi connectivity index (χ3n) is 4.34. The quantitative estimate of drug-likeness (QED) is 0.921. The summed E-state index contributed by atoms with van der Waals surface area (Å²) in [5.41, 5.74) is 5.87. The van der Waals surface area contributed by atoms with E-state index in [1.807, 2.05) is 0 Å². The van der Waals surface area contributed by atoms with Crippen molar-refractivity contribution in [2.45, 2.75) is 25.4 Å². The van der Waals surface area contributed by atoms with Crippen LogP contribution < -0.4 is 5.73 Å². The molecule has 1 aromatic carbocycles. The van der Waals surface area contributed by atoms with Gasteiger partial charge in [-0.3, -0.25) is 9.80 Å². The highest BCUT2D eigenvalue weighted by Crippen LogP contribution is 2.30. The molecule has 0 radical (unpaired) electrons. The highest BCUT2D eigenvalue weighted by molar-refractivity contribution is 5.24. The van der Waals surface area contributed by atoms with Gasteiger partial charge in [0.2, 0.25) is 0 Å². The first-order chi connectivity index (χ1) is 9.36. The van der Waals surface area contributed by atoms with Crippen LogP contribution >= 0.6 is 0 Å². The maximum atomic E-state index is 14.0. The SMILES string of the molecule is CN1CCN(C(CN)c2c(F)cccc2F)CC1(C)C. The molecule has 0 aromatic heterocycles. The standard InChI is InChI=1S/C15H23F2N3/c1-15(2)10-20(8-7-19(15)3)13(9-18)14-11(16)5-4-6-12(14)17/h4-6,13H,7-10,18H2,1-3H3. The van der Waals surface area contributed by atoms with Gasteiger partial charge in [0.1, 0.15) is 11.6 Å². The molecule has 0 amide bonds. The summed E-state index contributed by atoms with van der Waals surface area (Å²) in [6, 6.07) is 3.56. The Labute approximate surface area is 119 Å². The van der Waals surface area contributed by atoms with Gasteiger partial charge in [-0.2, -0.15) is 0 Å². The molecule has 1 heterocycles. The number of nitrogens with two attached hydrogens (primary N) is 1. The molecule has 1 aromatic rings. The molecule has 2 N–H and O–H groups in total. The average molecular weight is 283 g/mol. The fourth-order valence-electron chi connectivity index (χ4n) is 2.82. The summed E-state index contributed by atoms with van der Waals surface area (Å²) in [6.07, 6.45) is 0. The number of halogens is 2. The Morgan fingerprint density at radius 1 is 1.25 bits per heavy atom. The minimum absolute atomic E-state index is 0.0343. The molecule has 0 spiro atoms. The molecule has 2 rings (SSSR count). The van der Waals surface area contributed by atoms with Crippen LogP contribution in [0.15, 0.2) is 18.2 Å². The van der Waals surface area contributed by atoms with E-state index >= 15 is 0 Å². The maximum absolute atomic E-state index is 14.0. The van der Waals surface area contributed by atoms with Crippen LogP contribution in [0.4, 0.5) is 8.78 Å². The lowest BCUT2D eigenvalue weighted by atomic mass is 9.95. The maximum Gasteiger partial charge on any atom is 0.130 e. The van der Waals surface area contributed by atoms with Gasteiger partial charge >= 0.3 is 0 Å². The summed E-state index contributed by atoms with van der Waals surface area (Å²) in [7, 11) is 2.07. The molecule has 0 bridgehead atoms. The minimum Gasteiger partial charge on any atom is -0.329 e. The molecule has 5 heteroatoms. The van der Waals surface area contributed by atoms with Crippen LogP contribution in [0, 0.1) is 11.6 Å². The number of benzene rings is 1. The van der Waals surface area contributed by atoms with Crippen molar-refractivity contribution in [2.24, 2.45) is 5.73 Å². The largest absolute Gasteiger partial charge is 0.329 e. The molecular weight excluding hydrogens is 260 g/mol. The number of hydrogen-bond acceptors (Lipinski definition) is 3. The lowest BCUT2D eigenvalue weighted by Crippen LogP contribution is -2.59. The third-order valence-corrected chi connectivity index (χ3v) is 4.34. The highest BCUT2D eigenvalue weighted by Gasteiger charge is 2.35. The zero-order valence-corrected chi connectivity index (χ0v) is 12.4. The molecule has 0 aliphatic carbocycles. The van der Waals surface area contributed by atoms with Gasteiger partial charge in [0, 0.05) is 37.3 Å². The second-order valence-corrected chi connectivity index (χ2v) is 6.09. The molecule has 1 atom stereocenters. The van der Waals surface area contributed by atoms with Gasteiger partial charge in [-0.25, -0.2) is 8.78 Å². The Morgan fingerprint density at radius 2 is 1.85 bits per heavy atom. The molecular formula is C15H23F2N3. The fraction of sp³-hybridized carbons (Fsp3) is 0.600. The lowest BCUT2D eigenvalue weighted by Gasteiger charge is -2.48. The molecule has 1 aliphatic heterocycles. The number of nitrogens with zero attached hydrogens (tertiary/aromatic N) is 2. The van der Waals surface area contributed by atoms with Gasteiger partial charge in [0.15, 0.2) is 0 Å². The van der Waals surface area contributed by atoms with Crippen molar-refractivity contribution in [3.05, 3.63) is 35.4 Å². The second-order valence-electron chi connectivity index (χ2n) is 6.09. The summed E-state index contributed by atoms with van der Waals surface area (Å²) < 4.78 is 28.0. The molecule has 1 unspecified atom stereocenters. The van der Waals surface area contributed by atoms with Crippen LogP contribution in [-0.2, 0) is 0 Å². The highest BCUT2D eigenvalue weighted by atomic mass is 19.1. The molecule has 1 saturated heterocycles. The summed E-state index contributed by atoms with van der Waals surface area (Å²) in [6.45, 7) is 6.82. The average Bonchev–Trinajstić information content (AvgIpc) is 2.37. The van der Waals surface area contributed by atoms with Crippen molar-refractivity contribution in [3.63, 3.8) is 0 Å². The van der Waals surface area contributed by atoms with Crippen LogP contribution in [0.2, 0.25) is 0 Å². The Balaban J connectivity index is 2.29. The van der Waals surface area contributed by atoms with Gasteiger partial charge in [-0.05, 0) is 33.0 Å². The zero-order chi connectivity index (χ0) is 14.9. The molecule has 112 valence electrons. The monoisotopic (exact) mass is 283 g/mol. The van der Waals surface area contributed by atoms with Crippen molar-refractivity contribution in [1.82, 2.24) is 9.80 Å². The van der Waals surface area contributed by atoms with E-state index in [-0.39, 0.29) is 17.6 Å². The number of piperazine rings is 1. The second kappa shape index (κ2) is 5.76. The van der Waals surface area contributed by atoms with Crippen molar-refractivity contribution in [3.8, 4) is 0 Å². The number of rotatable bonds is 3. The van der Waals surface area contributed by atoms with E-state index in [1.54, 1.807) is 0 Å². The van der Waals surface area contributed by atoms with Crippen molar-refractivity contribution >= 4 is 0 Å². The Morgan fingerprint density at radius 3 is 2.35 bits per heavy atom. The minimum atomic E-state index is -0.516. The van der Waals surface area contributed by atoms with E-state index < -0.39 is 17.7 Å². The lowest BCUT2D eigenvalue weighted by molar-refractivity contribution is 0.0165. The molecule has 1 aliphatic rings. The summed E-state index contributed by atoms with van der Waals surface area (Å²) in [5, 5.41) is 0. The fourth-order valence-corrected chi connectivity index (χ4v) is 2.82. The predicted octanol–water partition coefficient (Wildman–Crippen LogP) is 1.99. The molecule has 3 nitrogen and oxygen atoms in total. The van der Waals surface area contributed by atoms with Gasteiger partial charge in [-0.15, -0.1) is 0 Å². The van der Waals surface area contributed by atoms with Crippen LogP contribution in [-0.4, -0.2) is 48.6 Å². The van der Waals surface area contributed by atoms with Gasteiger partial charge in [-0.1, -0.05) is 6.07 Å². The van der Waals surface area contributed by atoms with Crippen LogP contribution in [0.5, 0.6) is 0 Å². The first kappa shape index (κ1) is 15.4. The smallest absolute Gasteiger partial charge is 0.130 e.